The van der Waals surface area contributed by atoms with E-state index >= 15 is 0 Å². The Labute approximate surface area is 205 Å². The van der Waals surface area contributed by atoms with Crippen LogP contribution >= 0.6 is 23.2 Å². The topological polar surface area (TPSA) is 101 Å². The van der Waals surface area contributed by atoms with E-state index in [1.54, 1.807) is 31.3 Å². The molecule has 3 aromatic rings. The number of nitrogens with zero attached hydrogens (tertiary/aromatic N) is 1. The number of halogens is 3. The smallest absolute Gasteiger partial charge is 0.326 e. The maximum atomic E-state index is 13.7. The van der Waals surface area contributed by atoms with E-state index in [9.17, 15) is 19.1 Å². The van der Waals surface area contributed by atoms with Crippen molar-refractivity contribution in [2.45, 2.75) is 18.9 Å². The average molecular weight is 506 g/mol. The molecule has 0 aliphatic heterocycles. The van der Waals surface area contributed by atoms with Crippen LogP contribution in [0.15, 0.2) is 54.6 Å². The van der Waals surface area contributed by atoms with Crippen molar-refractivity contribution < 1.29 is 23.8 Å². The number of carbonyl (C=O) groups is 2. The van der Waals surface area contributed by atoms with Crippen LogP contribution in [0.5, 0.6) is 5.75 Å². The first kappa shape index (κ1) is 25.3. The highest BCUT2D eigenvalue weighted by molar-refractivity contribution is 6.36. The Kier molecular flexibility index (Phi) is 8.67. The molecule has 10 heteroatoms. The number of anilines is 1. The van der Waals surface area contributed by atoms with Crippen LogP contribution in [-0.4, -0.2) is 41.7 Å². The number of ether oxygens (including phenoxy) is 1. The highest BCUT2D eigenvalue weighted by Crippen LogP contribution is 2.24. The number of nitrogens with one attached hydrogen (secondary N) is 2. The number of hydrogen-bond donors (Lipinski definition) is 3. The van der Waals surface area contributed by atoms with Crippen molar-refractivity contribution in [2.24, 2.45) is 0 Å². The molecule has 0 radical (unpaired) electrons. The van der Waals surface area contributed by atoms with Gasteiger partial charge in [0.25, 0.3) is 5.91 Å². The SMILES string of the molecule is CNc1cccc(CCOc2ccc(C[C@H](NC(=O)c3cc(F)c(Cl)cc3Cl)C(=O)O)cc2)n1. The summed E-state index contributed by atoms with van der Waals surface area (Å²) >= 11 is 11.6. The Morgan fingerprint density at radius 3 is 2.53 bits per heavy atom. The third kappa shape index (κ3) is 6.82. The average Bonchev–Trinajstić information content (AvgIpc) is 2.82. The fourth-order valence-electron chi connectivity index (χ4n) is 3.12. The Morgan fingerprint density at radius 2 is 1.85 bits per heavy atom. The van der Waals surface area contributed by atoms with Crippen molar-refractivity contribution in [1.29, 1.82) is 0 Å². The van der Waals surface area contributed by atoms with Crippen LogP contribution in [0.2, 0.25) is 10.0 Å². The molecule has 1 atom stereocenters. The maximum absolute atomic E-state index is 13.7. The summed E-state index contributed by atoms with van der Waals surface area (Å²) in [4.78, 5) is 28.6. The van der Waals surface area contributed by atoms with Crippen molar-refractivity contribution in [3.63, 3.8) is 0 Å². The van der Waals surface area contributed by atoms with Gasteiger partial charge in [-0.05, 0) is 42.0 Å². The molecule has 178 valence electrons. The van der Waals surface area contributed by atoms with Gasteiger partial charge in [-0.2, -0.15) is 0 Å². The van der Waals surface area contributed by atoms with Crippen molar-refractivity contribution in [2.75, 3.05) is 19.0 Å². The van der Waals surface area contributed by atoms with E-state index in [1.165, 1.54) is 0 Å². The predicted octanol–water partition coefficient (Wildman–Crippen LogP) is 4.62. The lowest BCUT2D eigenvalue weighted by Crippen LogP contribution is -2.42. The number of carbonyl (C=O) groups excluding carboxylic acids is 1. The highest BCUT2D eigenvalue weighted by atomic mass is 35.5. The van der Waals surface area contributed by atoms with Gasteiger partial charge in [0.15, 0.2) is 0 Å². The quantitative estimate of drug-likeness (QED) is 0.347. The minimum atomic E-state index is -1.25. The van der Waals surface area contributed by atoms with E-state index < -0.39 is 23.7 Å². The van der Waals surface area contributed by atoms with E-state index in [2.05, 4.69) is 15.6 Å². The van der Waals surface area contributed by atoms with E-state index in [4.69, 9.17) is 27.9 Å². The van der Waals surface area contributed by atoms with Crippen molar-refractivity contribution in [1.82, 2.24) is 10.3 Å². The second-order valence-corrected chi connectivity index (χ2v) is 8.14. The van der Waals surface area contributed by atoms with Gasteiger partial charge in [-0.15, -0.1) is 0 Å². The van der Waals surface area contributed by atoms with E-state index in [0.29, 0.717) is 24.3 Å². The van der Waals surface area contributed by atoms with Crippen LogP contribution in [0.3, 0.4) is 0 Å². The summed E-state index contributed by atoms with van der Waals surface area (Å²) in [7, 11) is 1.80. The first-order valence-electron chi connectivity index (χ1n) is 10.3. The molecule has 0 saturated carbocycles. The first-order chi connectivity index (χ1) is 16.3. The number of carboxylic acids is 1. The molecule has 0 bridgehead atoms. The standard InChI is InChI=1S/C24H22Cl2FN3O4/c1-28-22-4-2-3-15(29-22)9-10-34-16-7-5-14(6-8-16)11-21(24(32)33)30-23(31)17-12-20(27)19(26)13-18(17)25/h2-8,12-13,21H,9-11H2,1H3,(H,28,29)(H,30,31)(H,32,33)/t21-/m0/s1. The van der Waals surface area contributed by atoms with E-state index in [-0.39, 0.29) is 22.0 Å². The third-order valence-corrected chi connectivity index (χ3v) is 5.51. The molecule has 7 nitrogen and oxygen atoms in total. The van der Waals surface area contributed by atoms with Crippen molar-refractivity contribution >= 4 is 40.9 Å². The number of aliphatic carboxylic acids is 1. The van der Waals surface area contributed by atoms with Crippen molar-refractivity contribution in [3.05, 3.63) is 87.3 Å². The number of pyridine rings is 1. The molecule has 1 heterocycles. The summed E-state index contributed by atoms with van der Waals surface area (Å²) in [5, 5.41) is 14.6. The molecular weight excluding hydrogens is 484 g/mol. The van der Waals surface area contributed by atoms with Crippen molar-refractivity contribution in [3.8, 4) is 5.75 Å². The van der Waals surface area contributed by atoms with E-state index in [0.717, 1.165) is 23.6 Å². The lowest BCUT2D eigenvalue weighted by molar-refractivity contribution is -0.139. The maximum Gasteiger partial charge on any atom is 0.326 e. The Morgan fingerprint density at radius 1 is 1.12 bits per heavy atom. The molecule has 2 aromatic carbocycles. The zero-order chi connectivity index (χ0) is 24.7. The zero-order valence-corrected chi connectivity index (χ0v) is 19.7. The molecule has 1 aromatic heterocycles. The van der Waals surface area contributed by atoms with Crippen LogP contribution in [-0.2, 0) is 17.6 Å². The largest absolute Gasteiger partial charge is 0.493 e. The van der Waals surface area contributed by atoms with Gasteiger partial charge >= 0.3 is 5.97 Å². The number of benzene rings is 2. The second kappa shape index (κ2) is 11.7. The van der Waals surface area contributed by atoms with Crippen LogP contribution < -0.4 is 15.4 Å². The minimum Gasteiger partial charge on any atom is -0.493 e. The third-order valence-electron chi connectivity index (χ3n) is 4.91. The van der Waals surface area contributed by atoms with Gasteiger partial charge in [0.1, 0.15) is 23.4 Å². The fraction of sp³-hybridized carbons (Fsp3) is 0.208. The van der Waals surface area contributed by atoms with Gasteiger partial charge in [0, 0.05) is 25.6 Å². The molecule has 1 amide bonds. The normalized spacial score (nSPS) is 11.5. The summed E-state index contributed by atoms with van der Waals surface area (Å²) in [6.07, 6.45) is 0.633. The summed E-state index contributed by atoms with van der Waals surface area (Å²) < 4.78 is 19.5. The minimum absolute atomic E-state index is 0.00970. The molecule has 3 N–H and O–H groups in total. The second-order valence-electron chi connectivity index (χ2n) is 7.32. The van der Waals surface area contributed by atoms with Gasteiger partial charge in [-0.1, -0.05) is 41.4 Å². The van der Waals surface area contributed by atoms with Gasteiger partial charge in [-0.3, -0.25) is 4.79 Å². The Bertz CT molecular complexity index is 1180. The molecular formula is C24H22Cl2FN3O4. The first-order valence-corrected chi connectivity index (χ1v) is 11.1. The number of hydrogen-bond acceptors (Lipinski definition) is 5. The molecule has 0 fully saturated rings. The highest BCUT2D eigenvalue weighted by Gasteiger charge is 2.23. The molecule has 0 aliphatic rings. The summed E-state index contributed by atoms with van der Waals surface area (Å²) in [6, 6.07) is 13.3. The number of rotatable bonds is 10. The van der Waals surface area contributed by atoms with Crippen LogP contribution in [0, 0.1) is 5.82 Å². The summed E-state index contributed by atoms with van der Waals surface area (Å²) in [6.45, 7) is 0.422. The van der Waals surface area contributed by atoms with Crippen LogP contribution in [0.4, 0.5) is 10.2 Å². The fourth-order valence-corrected chi connectivity index (χ4v) is 3.59. The summed E-state index contributed by atoms with van der Waals surface area (Å²) in [5.41, 5.74) is 1.36. The molecule has 0 unspecified atom stereocenters. The number of carboxylic acid groups (broad SMARTS) is 1. The Balaban J connectivity index is 1.58. The zero-order valence-electron chi connectivity index (χ0n) is 18.1. The van der Waals surface area contributed by atoms with Gasteiger partial charge < -0.3 is 20.5 Å². The monoisotopic (exact) mass is 505 g/mol. The van der Waals surface area contributed by atoms with Gasteiger partial charge in [0.2, 0.25) is 0 Å². The number of amides is 1. The predicted molar refractivity (Wildman–Crippen MR) is 128 cm³/mol. The van der Waals surface area contributed by atoms with Gasteiger partial charge in [-0.25, -0.2) is 14.2 Å². The van der Waals surface area contributed by atoms with E-state index in [1.807, 2.05) is 18.2 Å². The lowest BCUT2D eigenvalue weighted by atomic mass is 10.1. The van der Waals surface area contributed by atoms with Crippen LogP contribution in [0.1, 0.15) is 21.6 Å². The molecule has 34 heavy (non-hydrogen) atoms. The molecule has 0 aliphatic carbocycles. The Hall–Kier alpha value is -3.36. The molecule has 3 rings (SSSR count). The molecule has 0 saturated heterocycles. The summed E-state index contributed by atoms with van der Waals surface area (Å²) in [5.74, 6) is -1.48. The molecule has 0 spiro atoms. The van der Waals surface area contributed by atoms with Gasteiger partial charge in [0.05, 0.1) is 22.2 Å². The van der Waals surface area contributed by atoms with Crippen LogP contribution in [0.25, 0.3) is 0 Å². The number of aromatic nitrogens is 1. The lowest BCUT2D eigenvalue weighted by Gasteiger charge is -2.16.